The van der Waals surface area contributed by atoms with Crippen LogP contribution >= 0.6 is 0 Å². The number of carbonyl (C=O) groups is 3. The van der Waals surface area contributed by atoms with Crippen LogP contribution in [0.1, 0.15) is 41.0 Å². The van der Waals surface area contributed by atoms with Gasteiger partial charge in [-0.25, -0.2) is 14.4 Å². The van der Waals surface area contributed by atoms with E-state index in [2.05, 4.69) is 6.58 Å². The van der Waals surface area contributed by atoms with E-state index in [4.69, 9.17) is 14.6 Å². The lowest BCUT2D eigenvalue weighted by molar-refractivity contribution is -0.139. The van der Waals surface area contributed by atoms with E-state index in [-0.39, 0.29) is 17.7 Å². The van der Waals surface area contributed by atoms with Gasteiger partial charge in [0, 0.05) is 12.0 Å². The smallest absolute Gasteiger partial charge is 0.339 e. The molecule has 1 aromatic carbocycles. The summed E-state index contributed by atoms with van der Waals surface area (Å²) in [6.07, 6.45) is -0.215. The summed E-state index contributed by atoms with van der Waals surface area (Å²) in [5.74, 6) is -2.43. The van der Waals surface area contributed by atoms with Crippen molar-refractivity contribution in [3.63, 3.8) is 0 Å². The average molecular weight is 306 g/mol. The lowest BCUT2D eigenvalue weighted by Crippen LogP contribution is -2.20. The van der Waals surface area contributed by atoms with Crippen LogP contribution in [-0.2, 0) is 14.3 Å². The van der Waals surface area contributed by atoms with Crippen LogP contribution in [0.25, 0.3) is 0 Å². The monoisotopic (exact) mass is 306 g/mol. The number of carboxylic acid groups (broad SMARTS) is 1. The minimum atomic E-state index is -1.20. The molecule has 1 atom stereocenters. The molecule has 1 unspecified atom stereocenters. The van der Waals surface area contributed by atoms with Crippen LogP contribution in [0.4, 0.5) is 0 Å². The van der Waals surface area contributed by atoms with Gasteiger partial charge in [-0.1, -0.05) is 18.7 Å². The highest BCUT2D eigenvalue weighted by molar-refractivity contribution is 6.02. The van der Waals surface area contributed by atoms with Crippen molar-refractivity contribution in [3.05, 3.63) is 47.5 Å². The van der Waals surface area contributed by atoms with Gasteiger partial charge >= 0.3 is 17.9 Å². The Kier molecular flexibility index (Phi) is 6.31. The van der Waals surface area contributed by atoms with Gasteiger partial charge in [0.2, 0.25) is 0 Å². The molecular weight excluding hydrogens is 288 g/mol. The molecular formula is C16H18O6. The van der Waals surface area contributed by atoms with Gasteiger partial charge in [-0.2, -0.15) is 0 Å². The standard InChI is InChI=1S/C16H18O6/c1-10(2)15(19)21-9-8-11(3)22-16(20)13-7-5-4-6-12(13)14(17)18/h4-7,11H,1,8-9H2,2-3H3,(H,17,18). The summed E-state index contributed by atoms with van der Waals surface area (Å²) in [4.78, 5) is 34.2. The molecule has 6 nitrogen and oxygen atoms in total. The topological polar surface area (TPSA) is 89.9 Å². The van der Waals surface area contributed by atoms with Gasteiger partial charge < -0.3 is 14.6 Å². The first kappa shape index (κ1) is 17.4. The normalized spacial score (nSPS) is 11.4. The largest absolute Gasteiger partial charge is 0.478 e. The molecule has 0 saturated heterocycles. The molecule has 22 heavy (non-hydrogen) atoms. The van der Waals surface area contributed by atoms with Crippen molar-refractivity contribution in [2.24, 2.45) is 0 Å². The van der Waals surface area contributed by atoms with Gasteiger partial charge in [-0.15, -0.1) is 0 Å². The average Bonchev–Trinajstić information content (AvgIpc) is 2.46. The number of rotatable bonds is 7. The fourth-order valence-electron chi connectivity index (χ4n) is 1.59. The SMILES string of the molecule is C=C(C)C(=O)OCCC(C)OC(=O)c1ccccc1C(=O)O. The van der Waals surface area contributed by atoms with Gasteiger partial charge in [0.25, 0.3) is 0 Å². The van der Waals surface area contributed by atoms with Crippen LogP contribution < -0.4 is 0 Å². The van der Waals surface area contributed by atoms with Gasteiger partial charge in [0.15, 0.2) is 0 Å². The summed E-state index contributed by atoms with van der Waals surface area (Å²) in [5.41, 5.74) is 0.161. The molecule has 1 aromatic rings. The molecule has 0 aliphatic carbocycles. The zero-order valence-electron chi connectivity index (χ0n) is 12.5. The van der Waals surface area contributed by atoms with E-state index >= 15 is 0 Å². The van der Waals surface area contributed by atoms with Crippen LogP contribution in [0.5, 0.6) is 0 Å². The summed E-state index contributed by atoms with van der Waals surface area (Å²) in [6.45, 7) is 6.71. The second kappa shape index (κ2) is 7.97. The molecule has 0 aliphatic heterocycles. The maximum absolute atomic E-state index is 12.0. The predicted octanol–water partition coefficient (Wildman–Crippen LogP) is 2.44. The Bertz CT molecular complexity index is 590. The molecule has 0 fully saturated rings. The van der Waals surface area contributed by atoms with Crippen molar-refractivity contribution in [1.82, 2.24) is 0 Å². The third kappa shape index (κ3) is 5.05. The molecule has 0 radical (unpaired) electrons. The second-order valence-corrected chi connectivity index (χ2v) is 4.77. The quantitative estimate of drug-likeness (QED) is 0.614. The van der Waals surface area contributed by atoms with Crippen molar-refractivity contribution in [2.75, 3.05) is 6.61 Å². The number of hydrogen-bond donors (Lipinski definition) is 1. The zero-order valence-corrected chi connectivity index (χ0v) is 12.5. The van der Waals surface area contributed by atoms with Crippen LogP contribution in [0.15, 0.2) is 36.4 Å². The first-order valence-corrected chi connectivity index (χ1v) is 6.69. The minimum absolute atomic E-state index is 0.0132. The van der Waals surface area contributed by atoms with Crippen LogP contribution in [-0.4, -0.2) is 35.7 Å². The fraction of sp³-hybridized carbons (Fsp3) is 0.312. The van der Waals surface area contributed by atoms with E-state index in [1.807, 2.05) is 0 Å². The molecule has 0 heterocycles. The van der Waals surface area contributed by atoms with E-state index in [1.54, 1.807) is 13.0 Å². The lowest BCUT2D eigenvalue weighted by Gasteiger charge is -2.14. The Labute approximate surface area is 128 Å². The van der Waals surface area contributed by atoms with Crippen molar-refractivity contribution in [2.45, 2.75) is 26.4 Å². The Morgan fingerprint density at radius 3 is 2.36 bits per heavy atom. The summed E-state index contributed by atoms with van der Waals surface area (Å²) < 4.78 is 10.1. The molecule has 0 bridgehead atoms. The molecule has 0 saturated carbocycles. The van der Waals surface area contributed by atoms with Gasteiger partial charge in [-0.3, -0.25) is 0 Å². The molecule has 0 spiro atoms. The first-order chi connectivity index (χ1) is 10.3. The maximum Gasteiger partial charge on any atom is 0.339 e. The van der Waals surface area contributed by atoms with E-state index in [0.29, 0.717) is 12.0 Å². The van der Waals surface area contributed by atoms with Crippen molar-refractivity contribution >= 4 is 17.9 Å². The zero-order chi connectivity index (χ0) is 16.7. The fourth-order valence-corrected chi connectivity index (χ4v) is 1.59. The summed E-state index contributed by atoms with van der Waals surface area (Å²) in [6, 6.07) is 5.81. The summed E-state index contributed by atoms with van der Waals surface area (Å²) >= 11 is 0. The van der Waals surface area contributed by atoms with Gasteiger partial charge in [0.1, 0.15) is 6.10 Å². The van der Waals surface area contributed by atoms with Crippen LogP contribution in [0.2, 0.25) is 0 Å². The van der Waals surface area contributed by atoms with Gasteiger partial charge in [0.05, 0.1) is 17.7 Å². The number of hydrogen-bond acceptors (Lipinski definition) is 5. The van der Waals surface area contributed by atoms with Crippen LogP contribution in [0.3, 0.4) is 0 Å². The van der Waals surface area contributed by atoms with Crippen molar-refractivity contribution in [3.8, 4) is 0 Å². The Hall–Kier alpha value is -2.63. The number of carboxylic acids is 1. The third-order valence-electron chi connectivity index (χ3n) is 2.79. The van der Waals surface area contributed by atoms with Crippen molar-refractivity contribution in [1.29, 1.82) is 0 Å². The Morgan fingerprint density at radius 2 is 1.82 bits per heavy atom. The van der Waals surface area contributed by atoms with Gasteiger partial charge in [-0.05, 0) is 26.0 Å². The van der Waals surface area contributed by atoms with E-state index < -0.39 is 24.0 Å². The highest BCUT2D eigenvalue weighted by Gasteiger charge is 2.19. The lowest BCUT2D eigenvalue weighted by atomic mass is 10.1. The molecule has 1 rings (SSSR count). The molecule has 0 aliphatic rings. The molecule has 0 aromatic heterocycles. The van der Waals surface area contributed by atoms with E-state index in [0.717, 1.165) is 0 Å². The molecule has 118 valence electrons. The maximum atomic E-state index is 12.0. The molecule has 1 N–H and O–H groups in total. The van der Waals surface area contributed by atoms with E-state index in [9.17, 15) is 14.4 Å². The second-order valence-electron chi connectivity index (χ2n) is 4.77. The predicted molar refractivity (Wildman–Crippen MR) is 78.7 cm³/mol. The number of benzene rings is 1. The number of aromatic carboxylic acids is 1. The number of esters is 2. The molecule has 6 heteroatoms. The Balaban J connectivity index is 2.56. The highest BCUT2D eigenvalue weighted by atomic mass is 16.6. The summed E-state index contributed by atoms with van der Waals surface area (Å²) in [5, 5.41) is 9.03. The first-order valence-electron chi connectivity index (χ1n) is 6.69. The van der Waals surface area contributed by atoms with Crippen LogP contribution in [0, 0.1) is 0 Å². The highest BCUT2D eigenvalue weighted by Crippen LogP contribution is 2.12. The molecule has 0 amide bonds. The number of carbonyl (C=O) groups excluding carboxylic acids is 2. The van der Waals surface area contributed by atoms with E-state index in [1.165, 1.54) is 25.1 Å². The number of ether oxygens (including phenoxy) is 2. The minimum Gasteiger partial charge on any atom is -0.478 e. The third-order valence-corrected chi connectivity index (χ3v) is 2.79. The summed E-state index contributed by atoms with van der Waals surface area (Å²) in [7, 11) is 0. The Morgan fingerprint density at radius 1 is 1.23 bits per heavy atom. The van der Waals surface area contributed by atoms with Crippen molar-refractivity contribution < 1.29 is 29.0 Å².